The monoisotopic (exact) mass is 302 g/mol. The highest BCUT2D eigenvalue weighted by atomic mass is 127. The van der Waals surface area contributed by atoms with Gasteiger partial charge in [-0.3, -0.25) is 0 Å². The van der Waals surface area contributed by atoms with Gasteiger partial charge < -0.3 is 5.32 Å². The maximum Gasteiger partial charge on any atom is 0.0244 e. The SMILES string of the molecule is IN1CCN[C@H](Cc2ccccc2)C1. The highest BCUT2D eigenvalue weighted by Crippen LogP contribution is 2.09. The van der Waals surface area contributed by atoms with Crippen LogP contribution in [0.3, 0.4) is 0 Å². The van der Waals surface area contributed by atoms with E-state index >= 15 is 0 Å². The Hall–Kier alpha value is -0.130. The Morgan fingerprint density at radius 1 is 1.36 bits per heavy atom. The number of halogens is 1. The Balaban J connectivity index is 1.91. The lowest BCUT2D eigenvalue weighted by atomic mass is 10.1. The van der Waals surface area contributed by atoms with E-state index in [2.05, 4.69) is 61.6 Å². The van der Waals surface area contributed by atoms with E-state index in [-0.39, 0.29) is 0 Å². The van der Waals surface area contributed by atoms with Gasteiger partial charge in [-0.2, -0.15) is 0 Å². The smallest absolute Gasteiger partial charge is 0.0244 e. The molecule has 0 bridgehead atoms. The Labute approximate surface area is 99.2 Å². The summed E-state index contributed by atoms with van der Waals surface area (Å²) in [6.07, 6.45) is 1.14. The quantitative estimate of drug-likeness (QED) is 0.662. The van der Waals surface area contributed by atoms with Gasteiger partial charge in [-0.25, -0.2) is 3.11 Å². The van der Waals surface area contributed by atoms with Crippen molar-refractivity contribution in [2.75, 3.05) is 19.6 Å². The highest BCUT2D eigenvalue weighted by Gasteiger charge is 2.17. The van der Waals surface area contributed by atoms with Crippen LogP contribution in [0.2, 0.25) is 0 Å². The van der Waals surface area contributed by atoms with Crippen molar-refractivity contribution < 1.29 is 0 Å². The normalized spacial score (nSPS) is 23.6. The Kier molecular flexibility index (Phi) is 3.78. The van der Waals surface area contributed by atoms with Crippen LogP contribution in [-0.2, 0) is 6.42 Å². The molecule has 0 radical (unpaired) electrons. The van der Waals surface area contributed by atoms with E-state index < -0.39 is 0 Å². The van der Waals surface area contributed by atoms with Crippen molar-refractivity contribution in [3.05, 3.63) is 35.9 Å². The first-order valence-corrected chi connectivity index (χ1v) is 5.99. The molecule has 2 nitrogen and oxygen atoms in total. The summed E-state index contributed by atoms with van der Waals surface area (Å²) in [6, 6.07) is 11.3. The second-order valence-corrected chi connectivity index (χ2v) is 5.07. The minimum Gasteiger partial charge on any atom is -0.311 e. The number of hydrogen-bond acceptors (Lipinski definition) is 2. The van der Waals surface area contributed by atoms with Crippen molar-refractivity contribution in [2.45, 2.75) is 12.5 Å². The fourth-order valence-electron chi connectivity index (χ4n) is 1.82. The van der Waals surface area contributed by atoms with E-state index in [0.29, 0.717) is 6.04 Å². The zero-order chi connectivity index (χ0) is 9.80. The van der Waals surface area contributed by atoms with Gasteiger partial charge >= 0.3 is 0 Å². The second kappa shape index (κ2) is 5.09. The molecular weight excluding hydrogens is 287 g/mol. The molecule has 0 aromatic heterocycles. The van der Waals surface area contributed by atoms with Crippen molar-refractivity contribution in [3.8, 4) is 0 Å². The molecular formula is C11H15IN2. The van der Waals surface area contributed by atoms with Gasteiger partial charge in [0.1, 0.15) is 0 Å². The predicted molar refractivity (Wildman–Crippen MR) is 67.5 cm³/mol. The third-order valence-corrected chi connectivity index (χ3v) is 3.41. The summed E-state index contributed by atoms with van der Waals surface area (Å²) in [7, 11) is 0. The third kappa shape index (κ3) is 2.93. The van der Waals surface area contributed by atoms with E-state index in [9.17, 15) is 0 Å². The Morgan fingerprint density at radius 3 is 2.86 bits per heavy atom. The summed E-state index contributed by atoms with van der Waals surface area (Å²) >= 11 is 2.41. The van der Waals surface area contributed by atoms with Crippen LogP contribution in [0.25, 0.3) is 0 Å². The minimum atomic E-state index is 0.614. The van der Waals surface area contributed by atoms with E-state index in [1.54, 1.807) is 0 Å². The number of hydrogen-bond donors (Lipinski definition) is 1. The predicted octanol–water partition coefficient (Wildman–Crippen LogP) is 1.85. The van der Waals surface area contributed by atoms with Gasteiger partial charge in [0, 0.05) is 48.5 Å². The number of nitrogens with zero attached hydrogens (tertiary/aromatic N) is 1. The number of benzene rings is 1. The van der Waals surface area contributed by atoms with Crippen LogP contribution in [0.4, 0.5) is 0 Å². The van der Waals surface area contributed by atoms with Crippen molar-refractivity contribution in [1.29, 1.82) is 0 Å². The lowest BCUT2D eigenvalue weighted by molar-refractivity contribution is 0.338. The van der Waals surface area contributed by atoms with Crippen LogP contribution in [0.15, 0.2) is 30.3 Å². The van der Waals surface area contributed by atoms with Crippen molar-refractivity contribution >= 4 is 22.9 Å². The topological polar surface area (TPSA) is 15.3 Å². The zero-order valence-corrected chi connectivity index (χ0v) is 10.3. The van der Waals surface area contributed by atoms with Gasteiger partial charge in [0.15, 0.2) is 0 Å². The summed E-state index contributed by atoms with van der Waals surface area (Å²) in [6.45, 7) is 3.42. The molecule has 1 N–H and O–H groups in total. The maximum absolute atomic E-state index is 3.55. The Bertz CT molecular complexity index is 276. The molecule has 1 aromatic rings. The largest absolute Gasteiger partial charge is 0.311 e. The van der Waals surface area contributed by atoms with Gasteiger partial charge in [0.25, 0.3) is 0 Å². The highest BCUT2D eigenvalue weighted by molar-refractivity contribution is 14.1. The van der Waals surface area contributed by atoms with Gasteiger partial charge in [-0.15, -0.1) is 0 Å². The number of piperazine rings is 1. The molecule has 1 fully saturated rings. The van der Waals surface area contributed by atoms with E-state index in [1.165, 1.54) is 5.56 Å². The zero-order valence-electron chi connectivity index (χ0n) is 8.12. The van der Waals surface area contributed by atoms with Crippen LogP contribution < -0.4 is 5.32 Å². The molecule has 1 aromatic carbocycles. The van der Waals surface area contributed by atoms with E-state index in [0.717, 1.165) is 26.1 Å². The third-order valence-electron chi connectivity index (χ3n) is 2.53. The lowest BCUT2D eigenvalue weighted by Gasteiger charge is -2.29. The van der Waals surface area contributed by atoms with Crippen molar-refractivity contribution in [2.24, 2.45) is 0 Å². The van der Waals surface area contributed by atoms with Crippen LogP contribution in [-0.4, -0.2) is 28.8 Å². The average Bonchev–Trinajstić information content (AvgIpc) is 2.19. The van der Waals surface area contributed by atoms with Crippen LogP contribution >= 0.6 is 22.9 Å². The standard InChI is InChI=1S/C11H15IN2/c12-14-7-6-13-11(9-14)8-10-4-2-1-3-5-10/h1-5,11,13H,6-9H2/t11-/m1/s1. The molecule has 76 valence electrons. The number of nitrogens with one attached hydrogen (secondary N) is 1. The molecule has 1 aliphatic rings. The van der Waals surface area contributed by atoms with Crippen molar-refractivity contribution in [3.63, 3.8) is 0 Å². The average molecular weight is 302 g/mol. The van der Waals surface area contributed by atoms with Gasteiger partial charge in [-0.05, 0) is 12.0 Å². The molecule has 14 heavy (non-hydrogen) atoms. The van der Waals surface area contributed by atoms with Gasteiger partial charge in [-0.1, -0.05) is 30.3 Å². The molecule has 1 heterocycles. The molecule has 0 amide bonds. The van der Waals surface area contributed by atoms with E-state index in [4.69, 9.17) is 0 Å². The summed E-state index contributed by atoms with van der Waals surface area (Å²) in [5.41, 5.74) is 1.43. The van der Waals surface area contributed by atoms with Crippen LogP contribution in [0, 0.1) is 0 Å². The summed E-state index contributed by atoms with van der Waals surface area (Å²) in [5, 5.41) is 3.55. The second-order valence-electron chi connectivity index (χ2n) is 3.71. The molecule has 3 heteroatoms. The summed E-state index contributed by atoms with van der Waals surface area (Å²) in [4.78, 5) is 0. The van der Waals surface area contributed by atoms with Gasteiger partial charge in [0.05, 0.1) is 0 Å². The first-order chi connectivity index (χ1) is 6.84. The molecule has 1 aliphatic heterocycles. The first-order valence-electron chi connectivity index (χ1n) is 5.02. The molecule has 2 rings (SSSR count). The van der Waals surface area contributed by atoms with Crippen LogP contribution in [0.5, 0.6) is 0 Å². The minimum absolute atomic E-state index is 0.614. The molecule has 0 unspecified atom stereocenters. The fraction of sp³-hybridized carbons (Fsp3) is 0.455. The molecule has 1 saturated heterocycles. The molecule has 0 spiro atoms. The summed E-state index contributed by atoms with van der Waals surface area (Å²) in [5.74, 6) is 0. The summed E-state index contributed by atoms with van der Waals surface area (Å²) < 4.78 is 2.36. The van der Waals surface area contributed by atoms with E-state index in [1.807, 2.05) is 0 Å². The number of rotatable bonds is 2. The lowest BCUT2D eigenvalue weighted by Crippen LogP contribution is -2.47. The van der Waals surface area contributed by atoms with Crippen LogP contribution in [0.1, 0.15) is 5.56 Å². The molecule has 1 atom stereocenters. The van der Waals surface area contributed by atoms with Gasteiger partial charge in [0.2, 0.25) is 0 Å². The maximum atomic E-state index is 3.55. The van der Waals surface area contributed by atoms with Crippen molar-refractivity contribution in [1.82, 2.24) is 8.43 Å². The molecule has 0 aliphatic carbocycles. The first kappa shape index (κ1) is 10.4. The fourth-order valence-corrected chi connectivity index (χ4v) is 2.54. The molecule has 0 saturated carbocycles. The Morgan fingerprint density at radius 2 is 2.14 bits per heavy atom.